The van der Waals surface area contributed by atoms with Gasteiger partial charge in [-0.1, -0.05) is 13.8 Å². The number of aromatic hydroxyl groups is 1. The van der Waals surface area contributed by atoms with E-state index in [2.05, 4.69) is 0 Å². The molecule has 1 fully saturated rings. The third kappa shape index (κ3) is 6.12. The Morgan fingerprint density at radius 2 is 1.69 bits per heavy atom. The number of nitro benzene ring substituents is 1. The lowest BCUT2D eigenvalue weighted by atomic mass is 9.72. The number of allylic oxidation sites excluding steroid dienone is 1. The van der Waals surface area contributed by atoms with Gasteiger partial charge in [0.2, 0.25) is 0 Å². The number of carbonyl (C=O) groups is 1. The average molecular weight is 603 g/mol. The average Bonchev–Trinajstić information content (AvgIpc) is 3.15. The van der Waals surface area contributed by atoms with Gasteiger partial charge >= 0.3 is 24.1 Å². The van der Waals surface area contributed by atoms with Crippen LogP contribution in [0.4, 0.5) is 36.8 Å². The summed E-state index contributed by atoms with van der Waals surface area (Å²) in [6.45, 7) is 5.33. The van der Waals surface area contributed by atoms with Crippen LogP contribution in [-0.4, -0.2) is 40.7 Å². The molecule has 2 atom stereocenters. The van der Waals surface area contributed by atoms with Crippen molar-refractivity contribution in [1.29, 1.82) is 0 Å². The lowest BCUT2D eigenvalue weighted by Gasteiger charge is -2.35. The van der Waals surface area contributed by atoms with Gasteiger partial charge in [-0.25, -0.2) is 4.79 Å². The fourth-order valence-corrected chi connectivity index (χ4v) is 5.51. The Hall–Kier alpha value is -3.97. The predicted octanol–water partition coefficient (Wildman–Crippen LogP) is 7.89. The van der Waals surface area contributed by atoms with Gasteiger partial charge in [-0.15, -0.1) is 0 Å². The lowest BCUT2D eigenvalue weighted by Crippen LogP contribution is -2.35. The molecule has 8 nitrogen and oxygen atoms in total. The standard InChI is InChI=1S/C28H28F6N2O6/c1-14-24(15-7-17(27(29,30)31)9-18(8-15)28(32,33)34)42-25(38)35(14)13-16-12-26(2,3)6-5-19(16)20-10-21(36(39)40)22(37)11-23(20)41-4/h7-11,14,24,37H,5-6,12-13H2,1-4H3/t14-,24-/m0/s1. The minimum atomic E-state index is -5.07. The van der Waals surface area contributed by atoms with E-state index in [4.69, 9.17) is 9.47 Å². The van der Waals surface area contributed by atoms with Crippen LogP contribution in [-0.2, 0) is 17.1 Å². The SMILES string of the molecule is COc1cc(O)c([N+](=O)[O-])cc1C1=C(CN2C(=O)O[C@H](c3cc(C(F)(F)F)cc(C(F)(F)F)c3)[C@@H]2C)CC(C)(C)CC1. The number of amides is 1. The maximum absolute atomic E-state index is 13.5. The first-order valence-electron chi connectivity index (χ1n) is 12.9. The molecule has 14 heteroatoms. The molecule has 1 aliphatic carbocycles. The molecule has 1 amide bonds. The molecular formula is C28H28F6N2O6. The zero-order valence-corrected chi connectivity index (χ0v) is 23.0. The Morgan fingerprint density at radius 1 is 1.10 bits per heavy atom. The molecule has 228 valence electrons. The molecule has 1 saturated heterocycles. The molecule has 0 saturated carbocycles. The van der Waals surface area contributed by atoms with Crippen molar-refractivity contribution in [2.45, 2.75) is 64.5 Å². The van der Waals surface area contributed by atoms with Crippen molar-refractivity contribution in [1.82, 2.24) is 4.90 Å². The van der Waals surface area contributed by atoms with E-state index in [1.807, 2.05) is 13.8 Å². The van der Waals surface area contributed by atoms with E-state index in [0.29, 0.717) is 48.1 Å². The number of phenolic OH excluding ortho intramolecular Hbond substituents is 1. The second kappa shape index (κ2) is 10.7. The Bertz CT molecular complexity index is 1420. The highest BCUT2D eigenvalue weighted by atomic mass is 19.4. The number of methoxy groups -OCH3 is 1. The summed E-state index contributed by atoms with van der Waals surface area (Å²) in [5, 5.41) is 21.6. The molecule has 0 unspecified atom stereocenters. The Balaban J connectivity index is 1.77. The molecule has 2 aromatic rings. The summed E-state index contributed by atoms with van der Waals surface area (Å²) >= 11 is 0. The van der Waals surface area contributed by atoms with Gasteiger partial charge < -0.3 is 14.6 Å². The topological polar surface area (TPSA) is 102 Å². The van der Waals surface area contributed by atoms with Crippen molar-refractivity contribution >= 4 is 17.4 Å². The fourth-order valence-electron chi connectivity index (χ4n) is 5.51. The van der Waals surface area contributed by atoms with Crippen LogP contribution >= 0.6 is 0 Å². The number of phenols is 1. The van der Waals surface area contributed by atoms with Gasteiger partial charge in [0.25, 0.3) is 0 Å². The summed E-state index contributed by atoms with van der Waals surface area (Å²) in [6, 6.07) is 2.43. The molecule has 1 aliphatic heterocycles. The quantitative estimate of drug-likeness (QED) is 0.205. The molecule has 0 radical (unpaired) electrons. The number of nitrogens with zero attached hydrogens (tertiary/aromatic N) is 2. The minimum absolute atomic E-state index is 0.00807. The molecule has 2 aliphatic rings. The normalized spacial score (nSPS) is 21.0. The summed E-state index contributed by atoms with van der Waals surface area (Å²) in [6.07, 6.45) is -11.0. The number of nitro groups is 1. The predicted molar refractivity (Wildman–Crippen MR) is 138 cm³/mol. The summed E-state index contributed by atoms with van der Waals surface area (Å²) in [7, 11) is 1.33. The Morgan fingerprint density at radius 3 is 2.21 bits per heavy atom. The summed E-state index contributed by atoms with van der Waals surface area (Å²) in [5.74, 6) is -0.443. The van der Waals surface area contributed by atoms with E-state index < -0.39 is 63.6 Å². The molecule has 4 rings (SSSR count). The van der Waals surface area contributed by atoms with E-state index in [0.717, 1.165) is 6.07 Å². The number of ether oxygens (including phenoxy) is 2. The van der Waals surface area contributed by atoms with Crippen LogP contribution in [0.2, 0.25) is 0 Å². The minimum Gasteiger partial charge on any atom is -0.502 e. The van der Waals surface area contributed by atoms with E-state index in [-0.39, 0.29) is 23.8 Å². The van der Waals surface area contributed by atoms with Gasteiger partial charge in [0.15, 0.2) is 5.75 Å². The summed E-state index contributed by atoms with van der Waals surface area (Å²) < 4.78 is 91.5. The van der Waals surface area contributed by atoms with Gasteiger partial charge in [0, 0.05) is 24.2 Å². The largest absolute Gasteiger partial charge is 0.502 e. The van der Waals surface area contributed by atoms with Crippen LogP contribution in [0.3, 0.4) is 0 Å². The van der Waals surface area contributed by atoms with Crippen LogP contribution < -0.4 is 4.74 Å². The van der Waals surface area contributed by atoms with Crippen molar-refractivity contribution in [3.05, 3.63) is 68.3 Å². The van der Waals surface area contributed by atoms with Gasteiger partial charge in [-0.05, 0) is 66.5 Å². The molecule has 1 N–H and O–H groups in total. The molecule has 2 aromatic carbocycles. The molecule has 0 aromatic heterocycles. The fraction of sp³-hybridized carbons (Fsp3) is 0.464. The number of carbonyl (C=O) groups excluding carboxylic acids is 1. The number of cyclic esters (lactones) is 1. The monoisotopic (exact) mass is 602 g/mol. The second-order valence-electron chi connectivity index (χ2n) is 11.2. The maximum atomic E-state index is 13.5. The molecule has 42 heavy (non-hydrogen) atoms. The van der Waals surface area contributed by atoms with Crippen LogP contribution in [0.5, 0.6) is 11.5 Å². The van der Waals surface area contributed by atoms with E-state index in [1.165, 1.54) is 25.0 Å². The zero-order chi connectivity index (χ0) is 31.4. The number of benzene rings is 2. The Kier molecular flexibility index (Phi) is 7.89. The van der Waals surface area contributed by atoms with Crippen LogP contribution in [0.25, 0.3) is 5.57 Å². The molecule has 1 heterocycles. The van der Waals surface area contributed by atoms with Gasteiger partial charge in [0.1, 0.15) is 11.9 Å². The van der Waals surface area contributed by atoms with E-state index >= 15 is 0 Å². The van der Waals surface area contributed by atoms with Crippen LogP contribution in [0.1, 0.15) is 68.4 Å². The van der Waals surface area contributed by atoms with Crippen LogP contribution in [0, 0.1) is 15.5 Å². The third-order valence-electron chi connectivity index (χ3n) is 7.68. The number of halogens is 6. The molecule has 0 bridgehead atoms. The molecule has 0 spiro atoms. The number of hydrogen-bond donors (Lipinski definition) is 1. The Labute approximate surface area is 236 Å². The van der Waals surface area contributed by atoms with Crippen LogP contribution in [0.15, 0.2) is 35.9 Å². The smallest absolute Gasteiger partial charge is 0.416 e. The molecular weight excluding hydrogens is 574 g/mol. The van der Waals surface area contributed by atoms with Crippen molar-refractivity contribution in [3.63, 3.8) is 0 Å². The summed E-state index contributed by atoms with van der Waals surface area (Å²) in [4.78, 5) is 25.0. The first-order valence-corrected chi connectivity index (χ1v) is 12.9. The van der Waals surface area contributed by atoms with Gasteiger partial charge in [0.05, 0.1) is 29.2 Å². The first kappa shape index (κ1) is 31.0. The van der Waals surface area contributed by atoms with Crippen molar-refractivity contribution in [2.75, 3.05) is 13.7 Å². The maximum Gasteiger partial charge on any atom is 0.416 e. The lowest BCUT2D eigenvalue weighted by molar-refractivity contribution is -0.385. The second-order valence-corrected chi connectivity index (χ2v) is 11.2. The highest BCUT2D eigenvalue weighted by Crippen LogP contribution is 2.48. The van der Waals surface area contributed by atoms with Gasteiger partial charge in [-0.3, -0.25) is 15.0 Å². The number of alkyl halides is 6. The van der Waals surface area contributed by atoms with Crippen molar-refractivity contribution in [3.8, 4) is 11.5 Å². The highest BCUT2D eigenvalue weighted by Gasteiger charge is 2.44. The highest BCUT2D eigenvalue weighted by molar-refractivity contribution is 5.79. The summed E-state index contributed by atoms with van der Waals surface area (Å²) in [5.41, 5.74) is -2.69. The first-order chi connectivity index (χ1) is 19.3. The van der Waals surface area contributed by atoms with Crippen molar-refractivity contribution < 1.29 is 50.6 Å². The van der Waals surface area contributed by atoms with E-state index in [9.17, 15) is 46.4 Å². The van der Waals surface area contributed by atoms with Gasteiger partial charge in [-0.2, -0.15) is 26.3 Å². The van der Waals surface area contributed by atoms with E-state index in [1.54, 1.807) is 0 Å². The zero-order valence-electron chi connectivity index (χ0n) is 23.0. The number of rotatable bonds is 6. The number of hydrogen-bond acceptors (Lipinski definition) is 6. The third-order valence-corrected chi connectivity index (χ3v) is 7.68. The van der Waals surface area contributed by atoms with Crippen molar-refractivity contribution in [2.24, 2.45) is 5.41 Å².